The van der Waals surface area contributed by atoms with Crippen LogP contribution < -0.4 is 0 Å². The minimum atomic E-state index is -0.702. The smallest absolute Gasteiger partial charge is 0.255 e. The maximum atomic E-state index is 12.3. The molecule has 1 aliphatic rings. The molecule has 0 saturated carbocycles. The molecule has 1 saturated heterocycles. The zero-order valence-corrected chi connectivity index (χ0v) is 12.6. The highest BCUT2D eigenvalue weighted by Crippen LogP contribution is 2.12. The molecule has 0 spiro atoms. The van der Waals surface area contributed by atoms with E-state index < -0.39 is 5.60 Å². The largest absolute Gasteiger partial charge is 0.389 e. The number of pyridine rings is 1. The highest BCUT2D eigenvalue weighted by molar-refractivity contribution is 6.29. The van der Waals surface area contributed by atoms with E-state index in [4.69, 9.17) is 11.6 Å². The van der Waals surface area contributed by atoms with Gasteiger partial charge in [0, 0.05) is 38.9 Å². The molecule has 1 amide bonds. The van der Waals surface area contributed by atoms with Crippen LogP contribution in [0.1, 0.15) is 24.2 Å². The van der Waals surface area contributed by atoms with Gasteiger partial charge in [-0.1, -0.05) is 11.6 Å². The molecular weight excluding hydrogens is 278 g/mol. The zero-order valence-electron chi connectivity index (χ0n) is 11.8. The molecule has 1 fully saturated rings. The second-order valence-electron chi connectivity index (χ2n) is 5.75. The predicted octanol–water partition coefficient (Wildman–Crippen LogP) is 1.26. The lowest BCUT2D eigenvalue weighted by molar-refractivity contribution is 0.0178. The first-order valence-corrected chi connectivity index (χ1v) is 7.08. The van der Waals surface area contributed by atoms with Gasteiger partial charge in [0.05, 0.1) is 11.2 Å². The molecule has 0 aliphatic carbocycles. The average molecular weight is 298 g/mol. The Kier molecular flexibility index (Phi) is 4.62. The predicted molar refractivity (Wildman–Crippen MR) is 77.9 cm³/mol. The van der Waals surface area contributed by atoms with Gasteiger partial charge in [0.1, 0.15) is 5.15 Å². The summed E-state index contributed by atoms with van der Waals surface area (Å²) in [6.07, 6.45) is 1.51. The van der Waals surface area contributed by atoms with E-state index in [9.17, 15) is 9.90 Å². The van der Waals surface area contributed by atoms with E-state index in [1.807, 2.05) is 4.90 Å². The first-order chi connectivity index (χ1) is 9.35. The number of halogens is 1. The number of hydrogen-bond donors (Lipinski definition) is 1. The molecule has 0 atom stereocenters. The zero-order chi connectivity index (χ0) is 14.8. The standard InChI is InChI=1S/C14H20ClN3O2/c1-14(2,20)10-17-5-7-18(8-6-17)13(19)11-3-4-12(15)16-9-11/h3-4,9,20H,5-8,10H2,1-2H3. The summed E-state index contributed by atoms with van der Waals surface area (Å²) in [5.41, 5.74) is -0.142. The minimum absolute atomic E-state index is 0.0166. The molecule has 1 aromatic heterocycles. The Hall–Kier alpha value is -1.17. The lowest BCUT2D eigenvalue weighted by Crippen LogP contribution is -2.52. The van der Waals surface area contributed by atoms with E-state index in [-0.39, 0.29) is 5.91 Å². The first kappa shape index (κ1) is 15.2. The summed E-state index contributed by atoms with van der Waals surface area (Å²) in [5, 5.41) is 10.2. The monoisotopic (exact) mass is 297 g/mol. The molecule has 2 heterocycles. The maximum absolute atomic E-state index is 12.3. The SMILES string of the molecule is CC(C)(O)CN1CCN(C(=O)c2ccc(Cl)nc2)CC1. The van der Waals surface area contributed by atoms with Crippen molar-refractivity contribution in [3.05, 3.63) is 29.0 Å². The Morgan fingerprint density at radius 2 is 2.00 bits per heavy atom. The fourth-order valence-electron chi connectivity index (χ4n) is 2.34. The van der Waals surface area contributed by atoms with Gasteiger partial charge in [0.25, 0.3) is 5.91 Å². The van der Waals surface area contributed by atoms with Crippen molar-refractivity contribution in [1.82, 2.24) is 14.8 Å². The van der Waals surface area contributed by atoms with Crippen LogP contribution in [-0.2, 0) is 0 Å². The van der Waals surface area contributed by atoms with E-state index in [1.54, 1.807) is 26.0 Å². The Labute approximate surface area is 124 Å². The summed E-state index contributed by atoms with van der Waals surface area (Å²) in [7, 11) is 0. The van der Waals surface area contributed by atoms with Gasteiger partial charge in [-0.05, 0) is 26.0 Å². The lowest BCUT2D eigenvalue weighted by atomic mass is 10.1. The molecule has 0 radical (unpaired) electrons. The topological polar surface area (TPSA) is 56.7 Å². The van der Waals surface area contributed by atoms with Crippen LogP contribution in [0.4, 0.5) is 0 Å². The molecule has 5 nitrogen and oxygen atoms in total. The normalized spacial score (nSPS) is 17.3. The van der Waals surface area contributed by atoms with Crippen molar-refractivity contribution >= 4 is 17.5 Å². The molecule has 1 aromatic rings. The molecule has 110 valence electrons. The number of amides is 1. The second-order valence-corrected chi connectivity index (χ2v) is 6.14. The van der Waals surface area contributed by atoms with Crippen LogP contribution in [0.25, 0.3) is 0 Å². The number of carbonyl (C=O) groups excluding carboxylic acids is 1. The van der Waals surface area contributed by atoms with Crippen molar-refractivity contribution in [2.45, 2.75) is 19.4 Å². The van der Waals surface area contributed by atoms with Crippen molar-refractivity contribution in [2.75, 3.05) is 32.7 Å². The molecule has 0 bridgehead atoms. The third-order valence-corrected chi connectivity index (χ3v) is 3.47. The van der Waals surface area contributed by atoms with Crippen molar-refractivity contribution in [3.8, 4) is 0 Å². The summed E-state index contributed by atoms with van der Waals surface area (Å²) >= 11 is 5.72. The number of β-amino-alcohol motifs (C(OH)–C–C–N with tert-alkyl or cyclic N) is 1. The third-order valence-electron chi connectivity index (χ3n) is 3.24. The van der Waals surface area contributed by atoms with Gasteiger partial charge in [-0.2, -0.15) is 0 Å². The van der Waals surface area contributed by atoms with Crippen molar-refractivity contribution in [1.29, 1.82) is 0 Å². The summed E-state index contributed by atoms with van der Waals surface area (Å²) in [6, 6.07) is 3.32. The molecule has 0 unspecified atom stereocenters. The van der Waals surface area contributed by atoms with E-state index in [0.29, 0.717) is 30.4 Å². The molecule has 2 rings (SSSR count). The highest BCUT2D eigenvalue weighted by atomic mass is 35.5. The second kappa shape index (κ2) is 6.08. The van der Waals surface area contributed by atoms with Crippen molar-refractivity contribution < 1.29 is 9.90 Å². The number of hydrogen-bond acceptors (Lipinski definition) is 4. The number of piperazine rings is 1. The number of aromatic nitrogens is 1. The lowest BCUT2D eigenvalue weighted by Gasteiger charge is -2.37. The van der Waals surface area contributed by atoms with Gasteiger partial charge in [-0.3, -0.25) is 9.69 Å². The molecular formula is C14H20ClN3O2. The number of rotatable bonds is 3. The van der Waals surface area contributed by atoms with Crippen LogP contribution in [0.3, 0.4) is 0 Å². The molecule has 1 N–H and O–H groups in total. The van der Waals surface area contributed by atoms with Crippen LogP contribution in [-0.4, -0.2) is 64.1 Å². The van der Waals surface area contributed by atoms with Gasteiger partial charge in [0.2, 0.25) is 0 Å². The van der Waals surface area contributed by atoms with Crippen LogP contribution >= 0.6 is 11.6 Å². The quantitative estimate of drug-likeness (QED) is 0.854. The fourth-order valence-corrected chi connectivity index (χ4v) is 2.45. The van der Waals surface area contributed by atoms with Gasteiger partial charge < -0.3 is 10.0 Å². The Balaban J connectivity index is 1.90. The average Bonchev–Trinajstić information content (AvgIpc) is 2.38. The summed E-state index contributed by atoms with van der Waals surface area (Å²) in [5.74, 6) is -0.0166. The molecule has 6 heteroatoms. The summed E-state index contributed by atoms with van der Waals surface area (Å²) in [6.45, 7) is 7.09. The van der Waals surface area contributed by atoms with Gasteiger partial charge in [0.15, 0.2) is 0 Å². The highest BCUT2D eigenvalue weighted by Gasteiger charge is 2.25. The Bertz CT molecular complexity index is 462. The van der Waals surface area contributed by atoms with Crippen molar-refractivity contribution in [3.63, 3.8) is 0 Å². The van der Waals surface area contributed by atoms with E-state index in [1.165, 1.54) is 6.20 Å². The summed E-state index contributed by atoms with van der Waals surface area (Å²) < 4.78 is 0. The maximum Gasteiger partial charge on any atom is 0.255 e. The van der Waals surface area contributed by atoms with Crippen LogP contribution in [0.5, 0.6) is 0 Å². The number of nitrogens with zero attached hydrogens (tertiary/aromatic N) is 3. The molecule has 20 heavy (non-hydrogen) atoms. The van der Waals surface area contributed by atoms with Gasteiger partial charge in [-0.25, -0.2) is 4.98 Å². The van der Waals surface area contributed by atoms with Crippen LogP contribution in [0, 0.1) is 0 Å². The number of carbonyl (C=O) groups is 1. The Morgan fingerprint density at radius 1 is 1.35 bits per heavy atom. The van der Waals surface area contributed by atoms with Gasteiger partial charge >= 0.3 is 0 Å². The van der Waals surface area contributed by atoms with Crippen LogP contribution in [0.2, 0.25) is 5.15 Å². The third kappa shape index (κ3) is 4.16. The summed E-state index contributed by atoms with van der Waals surface area (Å²) in [4.78, 5) is 20.2. The molecule has 0 aromatic carbocycles. The van der Waals surface area contributed by atoms with E-state index in [2.05, 4.69) is 9.88 Å². The van der Waals surface area contributed by atoms with E-state index >= 15 is 0 Å². The Morgan fingerprint density at radius 3 is 2.50 bits per heavy atom. The minimum Gasteiger partial charge on any atom is -0.389 e. The van der Waals surface area contributed by atoms with E-state index in [0.717, 1.165) is 13.1 Å². The molecule has 1 aliphatic heterocycles. The first-order valence-electron chi connectivity index (χ1n) is 6.71. The van der Waals surface area contributed by atoms with Crippen LogP contribution in [0.15, 0.2) is 18.3 Å². The number of aliphatic hydroxyl groups is 1. The fraction of sp³-hybridized carbons (Fsp3) is 0.571. The van der Waals surface area contributed by atoms with Gasteiger partial charge in [-0.15, -0.1) is 0 Å². The van der Waals surface area contributed by atoms with Crippen molar-refractivity contribution in [2.24, 2.45) is 0 Å².